The Hall–Kier alpha value is -4.40. The normalized spacial score (nSPS) is 17.4. The van der Waals surface area contributed by atoms with E-state index in [0.29, 0.717) is 32.5 Å². The maximum absolute atomic E-state index is 15.0. The van der Waals surface area contributed by atoms with Crippen LogP contribution in [0, 0.1) is 23.0 Å². The molecule has 0 radical (unpaired) electrons. The first-order valence-electron chi connectivity index (χ1n) is 16.7. The lowest BCUT2D eigenvalue weighted by molar-refractivity contribution is -0.145. The molecule has 1 heterocycles. The average molecular weight is 714 g/mol. The van der Waals surface area contributed by atoms with Crippen LogP contribution in [0.1, 0.15) is 56.7 Å². The molecule has 0 bridgehead atoms. The van der Waals surface area contributed by atoms with E-state index in [2.05, 4.69) is 15.0 Å². The fraction of sp³-hybridized carbons (Fsp3) is 0.417. The first kappa shape index (κ1) is 38.4. The zero-order valence-corrected chi connectivity index (χ0v) is 29.3. The van der Waals surface area contributed by atoms with Crippen LogP contribution in [0.15, 0.2) is 88.0 Å². The van der Waals surface area contributed by atoms with Gasteiger partial charge in [-0.1, -0.05) is 45.0 Å². The molecule has 14 heteroatoms. The molecule has 0 fully saturated rings. The number of carbonyl (C=O) groups is 2. The predicted molar refractivity (Wildman–Crippen MR) is 183 cm³/mol. The third-order valence-corrected chi connectivity index (χ3v) is 9.99. The van der Waals surface area contributed by atoms with Gasteiger partial charge in [0, 0.05) is 49.4 Å². The Bertz CT molecular complexity index is 1790. The molecule has 0 spiro atoms. The van der Waals surface area contributed by atoms with Crippen molar-refractivity contribution in [2.24, 2.45) is 17.1 Å². The Morgan fingerprint density at radius 2 is 1.74 bits per heavy atom. The van der Waals surface area contributed by atoms with Gasteiger partial charge in [0.25, 0.3) is 10.0 Å². The zero-order chi connectivity index (χ0) is 36.5. The average Bonchev–Trinajstić information content (AvgIpc) is 3.63. The highest BCUT2D eigenvalue weighted by Crippen LogP contribution is 2.46. The summed E-state index contributed by atoms with van der Waals surface area (Å²) >= 11 is 0. The van der Waals surface area contributed by atoms with E-state index < -0.39 is 55.9 Å². The van der Waals surface area contributed by atoms with Gasteiger partial charge in [0.15, 0.2) is 6.39 Å². The fourth-order valence-corrected chi connectivity index (χ4v) is 7.37. The molecular formula is C36H45F2N5O6S. The minimum atomic E-state index is -4.37. The molecule has 1 aliphatic carbocycles. The van der Waals surface area contributed by atoms with Gasteiger partial charge in [0.05, 0.1) is 11.5 Å². The first-order chi connectivity index (χ1) is 23.8. The number of oxazole rings is 1. The first-order valence-corrected chi connectivity index (χ1v) is 18.1. The number of primary amides is 1. The molecule has 5 N–H and O–H groups in total. The number of allylic oxidation sites excluding steroid dienone is 1. The molecule has 270 valence electrons. The van der Waals surface area contributed by atoms with E-state index in [9.17, 15) is 31.9 Å². The summed E-state index contributed by atoms with van der Waals surface area (Å²) in [7, 11) is -4.37. The zero-order valence-electron chi connectivity index (χ0n) is 28.5. The molecule has 1 unspecified atom stereocenters. The largest absolute Gasteiger partial charge is 0.450 e. The second-order valence-corrected chi connectivity index (χ2v) is 14.2. The van der Waals surface area contributed by atoms with Crippen molar-refractivity contribution < 1.29 is 36.3 Å². The molecular weight excluding hydrogens is 668 g/mol. The van der Waals surface area contributed by atoms with Crippen molar-refractivity contribution in [1.82, 2.24) is 19.9 Å². The number of carbonyl (C=O) groups excluding carboxylic acids is 2. The smallest absolute Gasteiger partial charge is 0.282 e. The Kier molecular flexibility index (Phi) is 13.1. The van der Waals surface area contributed by atoms with Crippen molar-refractivity contribution in [3.8, 4) is 0 Å². The molecule has 1 aliphatic rings. The molecule has 2 aromatic carbocycles. The number of halogens is 2. The summed E-state index contributed by atoms with van der Waals surface area (Å²) in [5.41, 5.74) is 5.99. The van der Waals surface area contributed by atoms with Crippen molar-refractivity contribution in [2.75, 3.05) is 19.6 Å². The Labute approximate surface area is 291 Å². The molecule has 0 saturated heterocycles. The van der Waals surface area contributed by atoms with Crippen molar-refractivity contribution in [1.29, 1.82) is 0 Å². The lowest BCUT2D eigenvalue weighted by atomic mass is 9.63. The summed E-state index contributed by atoms with van der Waals surface area (Å²) in [4.78, 5) is 33.1. The molecule has 3 atom stereocenters. The van der Waals surface area contributed by atoms with E-state index >= 15 is 0 Å². The van der Waals surface area contributed by atoms with Crippen LogP contribution >= 0.6 is 0 Å². The van der Waals surface area contributed by atoms with Crippen LogP contribution in [0.3, 0.4) is 0 Å². The van der Waals surface area contributed by atoms with Crippen molar-refractivity contribution in [3.63, 3.8) is 0 Å². The second-order valence-electron chi connectivity index (χ2n) is 12.5. The number of nitrogens with two attached hydrogens (primary N) is 1. The lowest BCUT2D eigenvalue weighted by Crippen LogP contribution is -2.54. The number of benzene rings is 2. The van der Waals surface area contributed by atoms with Crippen LogP contribution in [-0.2, 0) is 39.0 Å². The minimum Gasteiger partial charge on any atom is -0.450 e. The molecule has 0 aliphatic heterocycles. The van der Waals surface area contributed by atoms with E-state index in [0.717, 1.165) is 48.4 Å². The number of nitrogens with one attached hydrogen (secondary N) is 2. The van der Waals surface area contributed by atoms with Crippen molar-refractivity contribution >= 4 is 21.8 Å². The van der Waals surface area contributed by atoms with Gasteiger partial charge in [-0.2, -0.15) is 8.42 Å². The van der Waals surface area contributed by atoms with Gasteiger partial charge in [-0.25, -0.2) is 13.8 Å². The topological polar surface area (TPSA) is 168 Å². The number of aliphatic hydroxyl groups excluding tert-OH is 1. The molecule has 2 amide bonds. The fourth-order valence-electron chi connectivity index (χ4n) is 6.48. The van der Waals surface area contributed by atoms with Gasteiger partial charge >= 0.3 is 0 Å². The van der Waals surface area contributed by atoms with Crippen LogP contribution in [0.4, 0.5) is 8.78 Å². The Morgan fingerprint density at radius 3 is 2.34 bits per heavy atom. The maximum atomic E-state index is 15.0. The van der Waals surface area contributed by atoms with Gasteiger partial charge < -0.3 is 25.5 Å². The highest BCUT2D eigenvalue weighted by Gasteiger charge is 2.51. The number of aliphatic hydroxyl groups is 1. The number of aryl methyl sites for hydroxylation is 1. The predicted octanol–water partition coefficient (Wildman–Crippen LogP) is 4.14. The molecule has 50 heavy (non-hydrogen) atoms. The third kappa shape index (κ3) is 9.43. The van der Waals surface area contributed by atoms with Gasteiger partial charge in [-0.05, 0) is 73.1 Å². The standard InChI is InChI=1S/C36H45F2N5O6S/c1-4-10-43(11-5-2)35(46)36(18-27(34(39)45)16-30(19-36)42-50(47,48)33-22-49-23-41-33)31(15-26-13-28(37)17-29(38)14-26)32(44)21-40-20-25-9-7-8-24(6-3)12-25/h7-9,12-14,16-17,19,22-23,31-32,40,42,44H,4-6,10-11,15,18,20-21H2,1-3H3,(H2,39,45)/t31-,32+,36?/m1/s1. The number of nitrogens with zero attached hydrogens (tertiary/aromatic N) is 2. The van der Waals surface area contributed by atoms with Crippen LogP contribution in [0.5, 0.6) is 0 Å². The number of sulfonamides is 1. The van der Waals surface area contributed by atoms with Crippen LogP contribution in [0.25, 0.3) is 0 Å². The Balaban J connectivity index is 1.88. The number of hydrogen-bond acceptors (Lipinski definition) is 8. The van der Waals surface area contributed by atoms with E-state index in [1.165, 1.54) is 12.2 Å². The number of aromatic nitrogens is 1. The molecule has 4 rings (SSSR count). The van der Waals surface area contributed by atoms with Gasteiger partial charge in [0.2, 0.25) is 16.8 Å². The molecule has 11 nitrogen and oxygen atoms in total. The summed E-state index contributed by atoms with van der Waals surface area (Å²) in [6, 6.07) is 10.9. The Morgan fingerprint density at radius 1 is 1.06 bits per heavy atom. The van der Waals surface area contributed by atoms with E-state index in [-0.39, 0.29) is 36.2 Å². The van der Waals surface area contributed by atoms with Gasteiger partial charge in [-0.15, -0.1) is 0 Å². The van der Waals surface area contributed by atoms with Crippen molar-refractivity contribution in [2.45, 2.75) is 70.6 Å². The van der Waals surface area contributed by atoms with E-state index in [1.54, 1.807) is 4.90 Å². The quantitative estimate of drug-likeness (QED) is 0.153. The van der Waals surface area contributed by atoms with Crippen LogP contribution in [-0.4, -0.2) is 61.0 Å². The molecule has 1 aromatic heterocycles. The van der Waals surface area contributed by atoms with E-state index in [1.807, 2.05) is 45.0 Å². The summed E-state index contributed by atoms with van der Waals surface area (Å²) in [5.74, 6) is -4.25. The molecule has 0 saturated carbocycles. The summed E-state index contributed by atoms with van der Waals surface area (Å²) < 4.78 is 62.9. The highest BCUT2D eigenvalue weighted by atomic mass is 32.2. The second kappa shape index (κ2) is 17.0. The number of rotatable bonds is 18. The molecule has 3 aromatic rings. The van der Waals surface area contributed by atoms with E-state index in [4.69, 9.17) is 10.2 Å². The monoisotopic (exact) mass is 713 g/mol. The summed E-state index contributed by atoms with van der Waals surface area (Å²) in [6.07, 6.45) is 4.60. The maximum Gasteiger partial charge on any atom is 0.282 e. The van der Waals surface area contributed by atoms with Crippen LogP contribution < -0.4 is 15.8 Å². The highest BCUT2D eigenvalue weighted by molar-refractivity contribution is 7.89. The van der Waals surface area contributed by atoms with Gasteiger partial charge in [-0.3, -0.25) is 14.3 Å². The third-order valence-electron chi connectivity index (χ3n) is 8.74. The minimum absolute atomic E-state index is 0.0567. The van der Waals surface area contributed by atoms with Crippen molar-refractivity contribution in [3.05, 3.63) is 107 Å². The number of hydrogen-bond donors (Lipinski definition) is 4. The summed E-state index contributed by atoms with van der Waals surface area (Å²) in [5, 5.41) is 14.8. The van der Waals surface area contributed by atoms with Gasteiger partial charge in [0.1, 0.15) is 17.9 Å². The van der Waals surface area contributed by atoms with Crippen LogP contribution in [0.2, 0.25) is 0 Å². The SMILES string of the molecule is CCCN(CCC)C(=O)C1([C@H](Cc2cc(F)cc(F)c2)[C@@H](O)CNCc2cccc(CC)c2)C=C(NS(=O)(=O)c2cocn2)C=C(C(N)=O)C1. The summed E-state index contributed by atoms with van der Waals surface area (Å²) in [6.45, 7) is 6.78. The lowest BCUT2D eigenvalue weighted by Gasteiger charge is -2.45. The number of amides is 2.